The highest BCUT2D eigenvalue weighted by Crippen LogP contribution is 2.24. The quantitative estimate of drug-likeness (QED) is 0.869. The Morgan fingerprint density at radius 2 is 2.40 bits per heavy atom. The van der Waals surface area contributed by atoms with E-state index in [0.29, 0.717) is 35.2 Å². The van der Waals surface area contributed by atoms with Gasteiger partial charge in [0.2, 0.25) is 0 Å². The number of ether oxygens (including phenoxy) is 1. The van der Waals surface area contributed by atoms with Crippen LogP contribution < -0.4 is 5.32 Å². The highest BCUT2D eigenvalue weighted by atomic mass is 35.5. The second-order valence-corrected chi connectivity index (χ2v) is 6.01. The number of aromatic nitrogens is 1. The zero-order chi connectivity index (χ0) is 14.5. The van der Waals surface area contributed by atoms with E-state index in [0.717, 1.165) is 19.4 Å². The van der Waals surface area contributed by atoms with Crippen molar-refractivity contribution in [2.75, 3.05) is 13.2 Å². The van der Waals surface area contributed by atoms with Crippen molar-refractivity contribution in [2.24, 2.45) is 11.8 Å². The Hall–Kier alpha value is -1.13. The standard InChI is InChI=1S/C15H21ClN2O2/c1-10(2)13-7-11(4-6-20-13)9-18-15(19)12-3-5-17-14(16)8-12/h3,5,8,10-11,13H,4,6-7,9H2,1-2H3,(H,18,19)/t11-,13-/m1/s1. The van der Waals surface area contributed by atoms with Gasteiger partial charge in [-0.15, -0.1) is 0 Å². The maximum atomic E-state index is 12.0. The lowest BCUT2D eigenvalue weighted by Crippen LogP contribution is -2.36. The molecule has 5 heteroatoms. The van der Waals surface area contributed by atoms with E-state index in [2.05, 4.69) is 24.1 Å². The number of nitrogens with one attached hydrogen (secondary N) is 1. The largest absolute Gasteiger partial charge is 0.378 e. The highest BCUT2D eigenvalue weighted by molar-refractivity contribution is 6.29. The lowest BCUT2D eigenvalue weighted by Gasteiger charge is -2.32. The van der Waals surface area contributed by atoms with Crippen molar-refractivity contribution < 1.29 is 9.53 Å². The van der Waals surface area contributed by atoms with Crippen LogP contribution in [0.15, 0.2) is 18.3 Å². The van der Waals surface area contributed by atoms with Crippen molar-refractivity contribution in [3.8, 4) is 0 Å². The molecule has 1 aromatic rings. The number of rotatable bonds is 4. The van der Waals surface area contributed by atoms with Crippen LogP contribution in [0.3, 0.4) is 0 Å². The summed E-state index contributed by atoms with van der Waals surface area (Å²) in [5.41, 5.74) is 0.553. The lowest BCUT2D eigenvalue weighted by molar-refractivity contribution is -0.0333. The number of hydrogen-bond donors (Lipinski definition) is 1. The van der Waals surface area contributed by atoms with Crippen LogP contribution in [0.5, 0.6) is 0 Å². The second-order valence-electron chi connectivity index (χ2n) is 5.62. The molecule has 1 amide bonds. The molecule has 0 unspecified atom stereocenters. The molecule has 1 aromatic heterocycles. The molecule has 1 N–H and O–H groups in total. The molecule has 4 nitrogen and oxygen atoms in total. The van der Waals surface area contributed by atoms with E-state index in [1.54, 1.807) is 18.3 Å². The summed E-state index contributed by atoms with van der Waals surface area (Å²) in [4.78, 5) is 15.9. The summed E-state index contributed by atoms with van der Waals surface area (Å²) in [7, 11) is 0. The number of carbonyl (C=O) groups is 1. The van der Waals surface area contributed by atoms with E-state index >= 15 is 0 Å². The fourth-order valence-corrected chi connectivity index (χ4v) is 2.61. The van der Waals surface area contributed by atoms with Crippen molar-refractivity contribution in [1.82, 2.24) is 10.3 Å². The smallest absolute Gasteiger partial charge is 0.251 e. The zero-order valence-electron chi connectivity index (χ0n) is 11.9. The molecule has 1 aliphatic rings. The van der Waals surface area contributed by atoms with Crippen molar-refractivity contribution in [3.63, 3.8) is 0 Å². The summed E-state index contributed by atoms with van der Waals surface area (Å²) >= 11 is 5.78. The molecular weight excluding hydrogens is 276 g/mol. The summed E-state index contributed by atoms with van der Waals surface area (Å²) in [6, 6.07) is 3.25. The Labute approximate surface area is 124 Å². The maximum absolute atomic E-state index is 12.0. The fourth-order valence-electron chi connectivity index (χ4n) is 2.43. The van der Waals surface area contributed by atoms with E-state index in [1.807, 2.05) is 0 Å². The molecule has 0 spiro atoms. The van der Waals surface area contributed by atoms with Gasteiger partial charge >= 0.3 is 0 Å². The highest BCUT2D eigenvalue weighted by Gasteiger charge is 2.25. The number of halogens is 1. The molecule has 20 heavy (non-hydrogen) atoms. The van der Waals surface area contributed by atoms with Crippen LogP contribution in [0, 0.1) is 11.8 Å². The number of pyridine rings is 1. The normalized spacial score (nSPS) is 22.8. The minimum absolute atomic E-state index is 0.0955. The average Bonchev–Trinajstić information content (AvgIpc) is 2.45. The summed E-state index contributed by atoms with van der Waals surface area (Å²) in [5.74, 6) is 0.909. The van der Waals surface area contributed by atoms with Gasteiger partial charge in [-0.1, -0.05) is 25.4 Å². The van der Waals surface area contributed by atoms with Gasteiger partial charge in [-0.05, 0) is 36.8 Å². The van der Waals surface area contributed by atoms with Gasteiger partial charge in [-0.25, -0.2) is 4.98 Å². The molecule has 0 saturated carbocycles. The van der Waals surface area contributed by atoms with Crippen molar-refractivity contribution in [2.45, 2.75) is 32.8 Å². The lowest BCUT2D eigenvalue weighted by atomic mass is 9.90. The third-order valence-electron chi connectivity index (χ3n) is 3.71. The molecule has 110 valence electrons. The predicted octanol–water partition coefficient (Wildman–Crippen LogP) is 2.92. The van der Waals surface area contributed by atoms with Crippen LogP contribution in [0.1, 0.15) is 37.0 Å². The first-order valence-electron chi connectivity index (χ1n) is 7.07. The molecule has 1 aliphatic heterocycles. The first-order chi connectivity index (χ1) is 9.56. The van der Waals surface area contributed by atoms with Crippen molar-refractivity contribution in [3.05, 3.63) is 29.0 Å². The SMILES string of the molecule is CC(C)[C@H]1C[C@H](CNC(=O)c2ccnc(Cl)c2)CCO1. The summed E-state index contributed by atoms with van der Waals surface area (Å²) in [6.07, 6.45) is 3.86. The Balaban J connectivity index is 1.84. The van der Waals surface area contributed by atoms with E-state index in [-0.39, 0.29) is 5.91 Å². The molecule has 0 aromatic carbocycles. The van der Waals surface area contributed by atoms with Crippen LogP contribution >= 0.6 is 11.6 Å². The van der Waals surface area contributed by atoms with E-state index < -0.39 is 0 Å². The molecule has 0 bridgehead atoms. The topological polar surface area (TPSA) is 51.2 Å². The Kier molecular flexibility index (Phi) is 5.38. The van der Waals surface area contributed by atoms with Crippen LogP contribution in [0.2, 0.25) is 5.15 Å². The average molecular weight is 297 g/mol. The number of amides is 1. The third-order valence-corrected chi connectivity index (χ3v) is 3.91. The Bertz CT molecular complexity index is 465. The Morgan fingerprint density at radius 3 is 3.10 bits per heavy atom. The van der Waals surface area contributed by atoms with E-state index in [1.165, 1.54) is 0 Å². The second kappa shape index (κ2) is 7.04. The van der Waals surface area contributed by atoms with Crippen LogP contribution in [0.4, 0.5) is 0 Å². The monoisotopic (exact) mass is 296 g/mol. The van der Waals surface area contributed by atoms with Crippen LogP contribution in [-0.4, -0.2) is 30.1 Å². The summed E-state index contributed by atoms with van der Waals surface area (Å²) in [5, 5.41) is 3.31. The molecule has 2 heterocycles. The van der Waals surface area contributed by atoms with Gasteiger partial charge in [0.1, 0.15) is 5.15 Å². The number of hydrogen-bond acceptors (Lipinski definition) is 3. The molecule has 2 rings (SSSR count). The minimum atomic E-state index is -0.0955. The van der Waals surface area contributed by atoms with Crippen LogP contribution in [0.25, 0.3) is 0 Å². The van der Waals surface area contributed by atoms with Gasteiger partial charge in [-0.2, -0.15) is 0 Å². The van der Waals surface area contributed by atoms with Gasteiger partial charge in [0, 0.05) is 24.9 Å². The summed E-state index contributed by atoms with van der Waals surface area (Å²) < 4.78 is 5.74. The molecule has 0 aliphatic carbocycles. The molecule has 0 radical (unpaired) electrons. The first-order valence-corrected chi connectivity index (χ1v) is 7.45. The molecular formula is C15H21ClN2O2. The number of nitrogens with zero attached hydrogens (tertiary/aromatic N) is 1. The van der Waals surface area contributed by atoms with Crippen molar-refractivity contribution >= 4 is 17.5 Å². The summed E-state index contributed by atoms with van der Waals surface area (Å²) in [6.45, 7) is 5.81. The van der Waals surface area contributed by atoms with Gasteiger partial charge in [0.15, 0.2) is 0 Å². The number of carbonyl (C=O) groups excluding carboxylic acids is 1. The maximum Gasteiger partial charge on any atom is 0.251 e. The van der Waals surface area contributed by atoms with E-state index in [9.17, 15) is 4.79 Å². The predicted molar refractivity (Wildman–Crippen MR) is 78.9 cm³/mol. The van der Waals surface area contributed by atoms with Crippen molar-refractivity contribution in [1.29, 1.82) is 0 Å². The first kappa shape index (κ1) is 15.3. The van der Waals surface area contributed by atoms with Gasteiger partial charge in [0.25, 0.3) is 5.91 Å². The Morgan fingerprint density at radius 1 is 1.60 bits per heavy atom. The van der Waals surface area contributed by atoms with E-state index in [4.69, 9.17) is 16.3 Å². The third kappa shape index (κ3) is 4.18. The minimum Gasteiger partial charge on any atom is -0.378 e. The molecule has 1 saturated heterocycles. The fraction of sp³-hybridized carbons (Fsp3) is 0.600. The van der Waals surface area contributed by atoms with Gasteiger partial charge in [-0.3, -0.25) is 4.79 Å². The molecule has 2 atom stereocenters. The zero-order valence-corrected chi connectivity index (χ0v) is 12.7. The van der Waals surface area contributed by atoms with Gasteiger partial charge < -0.3 is 10.1 Å². The molecule has 1 fully saturated rings. The van der Waals surface area contributed by atoms with Crippen LogP contribution in [-0.2, 0) is 4.74 Å². The van der Waals surface area contributed by atoms with Gasteiger partial charge in [0.05, 0.1) is 6.10 Å².